The molecule has 1 fully saturated rings. The van der Waals surface area contributed by atoms with E-state index in [0.717, 1.165) is 54.4 Å². The molecule has 1 saturated carbocycles. The number of aryl methyl sites for hydroxylation is 1. The van der Waals surface area contributed by atoms with E-state index in [0.29, 0.717) is 12.1 Å². The van der Waals surface area contributed by atoms with Gasteiger partial charge in [-0.3, -0.25) is 4.79 Å². The fourth-order valence-electron chi connectivity index (χ4n) is 4.46. The molecule has 1 atom stereocenters. The Morgan fingerprint density at radius 3 is 2.56 bits per heavy atom. The van der Waals surface area contributed by atoms with E-state index in [4.69, 9.17) is 0 Å². The predicted molar refractivity (Wildman–Crippen MR) is 126 cm³/mol. The van der Waals surface area contributed by atoms with Crippen molar-refractivity contribution in [3.63, 3.8) is 0 Å². The maximum Gasteiger partial charge on any atom is 0.255 e. The van der Waals surface area contributed by atoms with E-state index < -0.39 is 0 Å². The van der Waals surface area contributed by atoms with Gasteiger partial charge in [0.05, 0.1) is 34.9 Å². The van der Waals surface area contributed by atoms with E-state index in [-0.39, 0.29) is 24.0 Å². The summed E-state index contributed by atoms with van der Waals surface area (Å²) in [6.45, 7) is 4.77. The van der Waals surface area contributed by atoms with E-state index in [1.807, 2.05) is 41.9 Å². The summed E-state index contributed by atoms with van der Waals surface area (Å²) in [5, 5.41) is 15.2. The number of nitrogens with one attached hydrogen (secondary N) is 2. The lowest BCUT2D eigenvalue weighted by molar-refractivity contribution is 0.0936. The predicted octanol–water partition coefficient (Wildman–Crippen LogP) is 4.82. The minimum atomic E-state index is -0.162. The average molecular weight is 435 g/mol. The van der Waals surface area contributed by atoms with E-state index >= 15 is 0 Å². The van der Waals surface area contributed by atoms with E-state index in [1.165, 1.54) is 0 Å². The van der Waals surface area contributed by atoms with Crippen LogP contribution in [0.3, 0.4) is 0 Å². The molecular weight excluding hydrogens is 404 g/mol. The first kappa shape index (κ1) is 21.9. The van der Waals surface area contributed by atoms with Gasteiger partial charge in [0.15, 0.2) is 5.65 Å². The molecule has 2 N–H and O–H groups in total. The van der Waals surface area contributed by atoms with Crippen LogP contribution >= 0.6 is 0 Å². The Morgan fingerprint density at radius 2 is 1.91 bits per heavy atom. The molecule has 8 nitrogen and oxygen atoms in total. The number of pyridine rings is 1. The second-order valence-electron chi connectivity index (χ2n) is 8.34. The first-order valence-corrected chi connectivity index (χ1v) is 11.4. The summed E-state index contributed by atoms with van der Waals surface area (Å²) in [5.74, 6) is -0.162. The van der Waals surface area contributed by atoms with Crippen LogP contribution in [0.4, 0.5) is 5.69 Å². The van der Waals surface area contributed by atoms with Gasteiger partial charge < -0.3 is 10.6 Å². The second kappa shape index (κ2) is 9.89. The Morgan fingerprint density at radius 1 is 1.16 bits per heavy atom. The quantitative estimate of drug-likeness (QED) is 0.495. The van der Waals surface area contributed by atoms with Crippen LogP contribution in [0.2, 0.25) is 0 Å². The summed E-state index contributed by atoms with van der Waals surface area (Å²) in [5.41, 5.74) is 3.10. The maximum atomic E-state index is 13.4. The summed E-state index contributed by atoms with van der Waals surface area (Å²) >= 11 is 0. The van der Waals surface area contributed by atoms with Crippen molar-refractivity contribution in [3.05, 3.63) is 58.8 Å². The van der Waals surface area contributed by atoms with Gasteiger partial charge in [0.2, 0.25) is 0 Å². The number of carbonyl (C=O) groups is 1. The Labute approximate surface area is 187 Å². The highest BCUT2D eigenvalue weighted by atomic mass is 16.3. The molecule has 3 aromatic rings. The molecule has 1 aromatic carbocycles. The van der Waals surface area contributed by atoms with Crippen LogP contribution in [0.5, 0.6) is 0 Å². The molecule has 2 heterocycles. The molecule has 2 aromatic heterocycles. The lowest BCUT2D eigenvalue weighted by Gasteiger charge is -2.27. The number of amides is 1. The van der Waals surface area contributed by atoms with Crippen molar-refractivity contribution in [3.8, 4) is 0 Å². The molecule has 1 aliphatic rings. The van der Waals surface area contributed by atoms with E-state index in [2.05, 4.69) is 32.8 Å². The monoisotopic (exact) mass is 434 g/mol. The van der Waals surface area contributed by atoms with Gasteiger partial charge >= 0.3 is 0 Å². The molecule has 1 aliphatic carbocycles. The second-order valence-corrected chi connectivity index (χ2v) is 8.34. The number of nitroso groups, excluding NO2 is 1. The van der Waals surface area contributed by atoms with Gasteiger partial charge in [0, 0.05) is 18.8 Å². The first-order valence-electron chi connectivity index (χ1n) is 11.4. The van der Waals surface area contributed by atoms with Crippen molar-refractivity contribution < 1.29 is 4.79 Å². The molecule has 0 unspecified atom stereocenters. The first-order chi connectivity index (χ1) is 15.6. The van der Waals surface area contributed by atoms with Gasteiger partial charge in [-0.2, -0.15) is 10.0 Å². The van der Waals surface area contributed by atoms with Crippen molar-refractivity contribution in [1.82, 2.24) is 20.1 Å². The summed E-state index contributed by atoms with van der Waals surface area (Å²) in [4.78, 5) is 28.8. The van der Waals surface area contributed by atoms with Crippen LogP contribution in [0.15, 0.2) is 47.9 Å². The van der Waals surface area contributed by atoms with Crippen LogP contribution in [0.1, 0.15) is 67.9 Å². The SMILES string of the molecule is CC[C@@H](NC(=O)c1cnc2c(cnn2CC)c1NC1CCC(N=O)CC1)c1ccccc1. The third-order valence-corrected chi connectivity index (χ3v) is 6.32. The summed E-state index contributed by atoms with van der Waals surface area (Å²) < 4.78 is 1.83. The van der Waals surface area contributed by atoms with Crippen LogP contribution in [0.25, 0.3) is 11.0 Å². The topological polar surface area (TPSA) is 101 Å². The normalized spacial score (nSPS) is 19.4. The molecule has 32 heavy (non-hydrogen) atoms. The zero-order valence-electron chi connectivity index (χ0n) is 18.6. The van der Waals surface area contributed by atoms with Gasteiger partial charge in [-0.1, -0.05) is 42.4 Å². The van der Waals surface area contributed by atoms with E-state index in [1.54, 1.807) is 12.4 Å². The van der Waals surface area contributed by atoms with Gasteiger partial charge in [-0.15, -0.1) is 0 Å². The zero-order chi connectivity index (χ0) is 22.5. The number of rotatable bonds is 8. The zero-order valence-corrected chi connectivity index (χ0v) is 18.6. The summed E-state index contributed by atoms with van der Waals surface area (Å²) in [6.07, 6.45) is 7.40. The Bertz CT molecular complexity index is 1070. The molecule has 168 valence electrons. The largest absolute Gasteiger partial charge is 0.381 e. The van der Waals surface area contributed by atoms with Gasteiger partial charge in [0.1, 0.15) is 0 Å². The molecule has 0 spiro atoms. The van der Waals surface area contributed by atoms with Crippen LogP contribution < -0.4 is 10.6 Å². The number of carbonyl (C=O) groups excluding carboxylic acids is 1. The van der Waals surface area contributed by atoms with Gasteiger partial charge in [0.25, 0.3) is 5.91 Å². The molecule has 8 heteroatoms. The van der Waals surface area contributed by atoms with Crippen molar-refractivity contribution in [2.24, 2.45) is 5.18 Å². The maximum absolute atomic E-state index is 13.4. The number of nitrogens with zero attached hydrogens (tertiary/aromatic N) is 4. The number of hydrogen-bond acceptors (Lipinski definition) is 6. The number of aromatic nitrogens is 3. The Hall–Kier alpha value is -3.29. The summed E-state index contributed by atoms with van der Waals surface area (Å²) in [6, 6.07) is 9.97. The lowest BCUT2D eigenvalue weighted by atomic mass is 9.91. The highest BCUT2D eigenvalue weighted by Gasteiger charge is 2.26. The average Bonchev–Trinajstić information content (AvgIpc) is 3.27. The number of fused-ring (bicyclic) bond motifs is 1. The smallest absolute Gasteiger partial charge is 0.255 e. The highest BCUT2D eigenvalue weighted by molar-refractivity contribution is 6.06. The third-order valence-electron chi connectivity index (χ3n) is 6.32. The fraction of sp³-hybridized carbons (Fsp3) is 0.458. The fourth-order valence-corrected chi connectivity index (χ4v) is 4.46. The van der Waals surface area contributed by atoms with Crippen molar-refractivity contribution in [1.29, 1.82) is 0 Å². The molecule has 0 bridgehead atoms. The number of anilines is 1. The minimum absolute atomic E-state index is 0.0836. The van der Waals surface area contributed by atoms with Crippen LogP contribution in [0, 0.1) is 4.91 Å². The molecule has 0 radical (unpaired) electrons. The molecule has 4 rings (SSSR count). The van der Waals surface area contributed by atoms with Gasteiger partial charge in [-0.05, 0) is 44.6 Å². The summed E-state index contributed by atoms with van der Waals surface area (Å²) in [7, 11) is 0. The third kappa shape index (κ3) is 4.49. The van der Waals surface area contributed by atoms with Gasteiger partial charge in [-0.25, -0.2) is 9.67 Å². The molecular formula is C24H30N6O2. The Balaban J connectivity index is 1.64. The van der Waals surface area contributed by atoms with Crippen LogP contribution in [-0.4, -0.2) is 32.8 Å². The van der Waals surface area contributed by atoms with E-state index in [9.17, 15) is 9.70 Å². The Kier molecular flexibility index (Phi) is 6.78. The molecule has 0 aliphatic heterocycles. The number of benzene rings is 1. The molecule has 0 saturated heterocycles. The van der Waals surface area contributed by atoms with Crippen molar-refractivity contribution in [2.45, 2.75) is 70.6 Å². The van der Waals surface area contributed by atoms with Crippen molar-refractivity contribution in [2.75, 3.05) is 5.32 Å². The minimum Gasteiger partial charge on any atom is -0.381 e. The molecule has 1 amide bonds. The van der Waals surface area contributed by atoms with Crippen LogP contribution in [-0.2, 0) is 6.54 Å². The highest BCUT2D eigenvalue weighted by Crippen LogP contribution is 2.31. The standard InChI is InChI=1S/C24H30N6O2/c1-3-21(16-8-6-5-7-9-16)28-24(31)20-14-25-23-19(15-26-30(23)4-2)22(20)27-17-10-12-18(29-32)13-11-17/h5-9,14-15,17-18,21H,3-4,10-13H2,1-2H3,(H,25,27)(H,28,31)/t17?,18?,21-/m1/s1. The van der Waals surface area contributed by atoms with Crippen molar-refractivity contribution >= 4 is 22.6 Å². The lowest BCUT2D eigenvalue weighted by Crippen LogP contribution is -2.31. The number of hydrogen-bond donors (Lipinski definition) is 2.